The van der Waals surface area contributed by atoms with Crippen LogP contribution in [0, 0.1) is 11.3 Å². The molecule has 5 rings (SSSR count). The smallest absolute Gasteiger partial charge is 0.244 e. The van der Waals surface area contributed by atoms with Crippen molar-refractivity contribution in [2.24, 2.45) is 5.73 Å². The van der Waals surface area contributed by atoms with E-state index in [1.54, 1.807) is 0 Å². The molecular weight excluding hydrogens is 384 g/mol. The number of nitrogens with two attached hydrogens (primary N) is 1. The Hall–Kier alpha value is -4.04. The number of fused-ring (bicyclic) bond motifs is 2. The molecule has 1 atom stereocenters. The first-order chi connectivity index (χ1) is 15.1. The minimum atomic E-state index is -0.359. The van der Waals surface area contributed by atoms with Gasteiger partial charge in [-0.3, -0.25) is 5.10 Å². The van der Waals surface area contributed by atoms with Crippen molar-refractivity contribution >= 4 is 10.8 Å². The molecule has 0 unspecified atom stereocenters. The average Bonchev–Trinajstić information content (AvgIpc) is 3.20. The number of aromatic amines is 1. The van der Waals surface area contributed by atoms with Gasteiger partial charge < -0.3 is 10.5 Å². The molecule has 3 N–H and O–H groups in total. The second kappa shape index (κ2) is 7.33. The maximum Gasteiger partial charge on any atom is 0.244 e. The van der Waals surface area contributed by atoms with Gasteiger partial charge >= 0.3 is 0 Å². The fourth-order valence-electron chi connectivity index (χ4n) is 4.30. The quantitative estimate of drug-likeness (QED) is 0.465. The fraction of sp³-hybridized carbons (Fsp3) is 0.154. The summed E-state index contributed by atoms with van der Waals surface area (Å²) in [5.74, 6) is 0.583. The van der Waals surface area contributed by atoms with Crippen LogP contribution < -0.4 is 10.5 Å². The highest BCUT2D eigenvalue weighted by Gasteiger charge is 2.35. The highest BCUT2D eigenvalue weighted by atomic mass is 16.5. The van der Waals surface area contributed by atoms with Crippen LogP contribution in [0.5, 0.6) is 5.88 Å². The number of H-pyrrole nitrogens is 1. The predicted octanol–water partition coefficient (Wildman–Crippen LogP) is 5.57. The van der Waals surface area contributed by atoms with Crippen LogP contribution in [0.4, 0.5) is 0 Å². The summed E-state index contributed by atoms with van der Waals surface area (Å²) >= 11 is 0. The Kier molecular flexibility index (Phi) is 4.48. The molecule has 0 aliphatic carbocycles. The summed E-state index contributed by atoms with van der Waals surface area (Å²) in [5.41, 5.74) is 11.4. The van der Waals surface area contributed by atoms with Gasteiger partial charge in [0.1, 0.15) is 11.6 Å². The van der Waals surface area contributed by atoms with E-state index in [9.17, 15) is 5.26 Å². The van der Waals surface area contributed by atoms with Crippen molar-refractivity contribution in [3.05, 3.63) is 94.9 Å². The van der Waals surface area contributed by atoms with Crippen LogP contribution in [0.1, 0.15) is 42.4 Å². The number of benzene rings is 3. The lowest BCUT2D eigenvalue weighted by molar-refractivity contribution is 0.379. The topological polar surface area (TPSA) is 87.7 Å². The average molecular weight is 406 g/mol. The van der Waals surface area contributed by atoms with Crippen molar-refractivity contribution in [2.75, 3.05) is 0 Å². The number of nitrogens with zero attached hydrogens (tertiary/aromatic N) is 2. The van der Waals surface area contributed by atoms with Gasteiger partial charge in [-0.1, -0.05) is 80.6 Å². The molecule has 5 heteroatoms. The van der Waals surface area contributed by atoms with Gasteiger partial charge in [-0.15, -0.1) is 5.10 Å². The van der Waals surface area contributed by atoms with Crippen LogP contribution in [0.3, 0.4) is 0 Å². The molecule has 2 heterocycles. The summed E-state index contributed by atoms with van der Waals surface area (Å²) in [6.07, 6.45) is 0. The lowest BCUT2D eigenvalue weighted by Gasteiger charge is -2.24. The first-order valence-corrected chi connectivity index (χ1v) is 10.3. The zero-order valence-corrected chi connectivity index (χ0v) is 17.4. The number of nitrogens with one attached hydrogen (secondary N) is 1. The van der Waals surface area contributed by atoms with E-state index < -0.39 is 0 Å². The number of allylic oxidation sites excluding steroid dienone is 1. The highest BCUT2D eigenvalue weighted by molar-refractivity contribution is 5.97. The van der Waals surface area contributed by atoms with E-state index in [4.69, 9.17) is 10.5 Å². The van der Waals surface area contributed by atoms with Crippen molar-refractivity contribution in [3.63, 3.8) is 0 Å². The van der Waals surface area contributed by atoms with Crippen molar-refractivity contribution in [3.8, 4) is 23.2 Å². The molecule has 0 fully saturated rings. The van der Waals surface area contributed by atoms with Gasteiger partial charge in [0.15, 0.2) is 0 Å². The number of aromatic nitrogens is 2. The summed E-state index contributed by atoms with van der Waals surface area (Å²) in [6, 6.07) is 25.0. The fourth-order valence-corrected chi connectivity index (χ4v) is 4.30. The Morgan fingerprint density at radius 3 is 2.52 bits per heavy atom. The second-order valence-electron chi connectivity index (χ2n) is 8.09. The molecule has 0 amide bonds. The normalized spacial score (nSPS) is 15.6. The van der Waals surface area contributed by atoms with Crippen molar-refractivity contribution in [1.29, 1.82) is 5.26 Å². The number of hydrogen-bond donors (Lipinski definition) is 2. The Bertz CT molecular complexity index is 1350. The summed E-state index contributed by atoms with van der Waals surface area (Å²) < 4.78 is 5.76. The molecule has 0 bridgehead atoms. The van der Waals surface area contributed by atoms with E-state index in [0.717, 1.165) is 33.2 Å². The first-order valence-electron chi connectivity index (χ1n) is 10.3. The van der Waals surface area contributed by atoms with E-state index in [0.29, 0.717) is 17.4 Å². The summed E-state index contributed by atoms with van der Waals surface area (Å²) in [5, 5.41) is 19.7. The molecule has 31 heavy (non-hydrogen) atoms. The van der Waals surface area contributed by atoms with Gasteiger partial charge in [0.25, 0.3) is 0 Å². The number of nitriles is 1. The third-order valence-corrected chi connectivity index (χ3v) is 5.93. The molecule has 0 radical (unpaired) electrons. The maximum atomic E-state index is 9.93. The minimum absolute atomic E-state index is 0.101. The Labute approximate surface area is 180 Å². The summed E-state index contributed by atoms with van der Waals surface area (Å²) in [4.78, 5) is 0. The molecule has 1 aromatic heterocycles. The third kappa shape index (κ3) is 3.04. The van der Waals surface area contributed by atoms with Crippen molar-refractivity contribution in [2.45, 2.75) is 25.7 Å². The van der Waals surface area contributed by atoms with Crippen LogP contribution >= 0.6 is 0 Å². The van der Waals surface area contributed by atoms with Gasteiger partial charge in [0.2, 0.25) is 11.8 Å². The largest absolute Gasteiger partial charge is 0.420 e. The van der Waals surface area contributed by atoms with Gasteiger partial charge in [-0.2, -0.15) is 5.26 Å². The lowest BCUT2D eigenvalue weighted by Crippen LogP contribution is -2.21. The summed E-state index contributed by atoms with van der Waals surface area (Å²) in [6.45, 7) is 4.32. The predicted molar refractivity (Wildman–Crippen MR) is 121 cm³/mol. The SMILES string of the molecule is CC(C)c1ccc([C@H]2C(C#N)=C(N)Oc3n[nH]c(-c4cccc5ccccc45)c32)cc1. The second-order valence-corrected chi connectivity index (χ2v) is 8.09. The molecule has 0 spiro atoms. The number of ether oxygens (including phenoxy) is 1. The molecule has 0 saturated carbocycles. The molecule has 4 aromatic rings. The van der Waals surface area contributed by atoms with E-state index >= 15 is 0 Å². The van der Waals surface area contributed by atoms with Gasteiger partial charge in [0, 0.05) is 5.56 Å². The van der Waals surface area contributed by atoms with Crippen LogP contribution in [-0.2, 0) is 0 Å². The molecule has 5 nitrogen and oxygen atoms in total. The zero-order valence-electron chi connectivity index (χ0n) is 17.4. The summed E-state index contributed by atoms with van der Waals surface area (Å²) in [7, 11) is 0. The molecule has 1 aliphatic rings. The van der Waals surface area contributed by atoms with Crippen LogP contribution in [0.2, 0.25) is 0 Å². The third-order valence-electron chi connectivity index (χ3n) is 5.93. The van der Waals surface area contributed by atoms with Gasteiger partial charge in [0.05, 0.1) is 17.2 Å². The molecule has 3 aromatic carbocycles. The lowest BCUT2D eigenvalue weighted by atomic mass is 9.82. The van der Waals surface area contributed by atoms with Crippen LogP contribution in [0.15, 0.2) is 78.2 Å². The standard InChI is InChI=1S/C26H22N4O/c1-15(2)16-10-12-18(13-11-16)22-21(14-27)25(28)31-26-23(22)24(29-30-26)20-9-5-7-17-6-3-4-8-19(17)20/h3-13,15,22H,28H2,1-2H3,(H,29,30)/t22-/m0/s1. The molecule has 0 saturated heterocycles. The van der Waals surface area contributed by atoms with E-state index in [1.807, 2.05) is 18.2 Å². The first kappa shape index (κ1) is 19.0. The van der Waals surface area contributed by atoms with E-state index in [1.165, 1.54) is 5.56 Å². The van der Waals surface area contributed by atoms with Gasteiger partial charge in [-0.05, 0) is 27.8 Å². The van der Waals surface area contributed by atoms with Crippen LogP contribution in [-0.4, -0.2) is 10.2 Å². The van der Waals surface area contributed by atoms with Crippen molar-refractivity contribution in [1.82, 2.24) is 10.2 Å². The Morgan fingerprint density at radius 2 is 1.77 bits per heavy atom. The van der Waals surface area contributed by atoms with Crippen molar-refractivity contribution < 1.29 is 4.74 Å². The minimum Gasteiger partial charge on any atom is -0.420 e. The highest BCUT2D eigenvalue weighted by Crippen LogP contribution is 2.46. The van der Waals surface area contributed by atoms with E-state index in [-0.39, 0.29) is 11.8 Å². The molecule has 1 aliphatic heterocycles. The number of rotatable bonds is 3. The van der Waals surface area contributed by atoms with E-state index in [2.05, 4.69) is 78.6 Å². The molecule has 152 valence electrons. The Balaban J connectivity index is 1.74. The van der Waals surface area contributed by atoms with Gasteiger partial charge in [-0.25, -0.2) is 0 Å². The Morgan fingerprint density at radius 1 is 1.03 bits per heavy atom. The number of hydrogen-bond acceptors (Lipinski definition) is 4. The maximum absolute atomic E-state index is 9.93. The van der Waals surface area contributed by atoms with Crippen LogP contribution in [0.25, 0.3) is 22.0 Å². The molecular formula is C26H22N4O. The monoisotopic (exact) mass is 406 g/mol. The zero-order chi connectivity index (χ0) is 21.5.